The van der Waals surface area contributed by atoms with Gasteiger partial charge < -0.3 is 10.2 Å². The molecular formula is C15H28N2O2. The van der Waals surface area contributed by atoms with Crippen LogP contribution in [0.3, 0.4) is 0 Å². The number of nitrogens with zero attached hydrogens (tertiary/aromatic N) is 2. The predicted molar refractivity (Wildman–Crippen MR) is 77.1 cm³/mol. The van der Waals surface area contributed by atoms with Gasteiger partial charge in [0.1, 0.15) is 0 Å². The number of hydrogen-bond acceptors (Lipinski definition) is 3. The fraction of sp³-hybridized carbons (Fsp3) is 0.800. The lowest BCUT2D eigenvalue weighted by atomic mass is 9.88. The van der Waals surface area contributed by atoms with Gasteiger partial charge in [0.2, 0.25) is 0 Å². The van der Waals surface area contributed by atoms with E-state index in [1.807, 2.05) is 30.8 Å². The molecule has 0 aliphatic heterocycles. The molecule has 0 bridgehead atoms. The average molecular weight is 268 g/mol. The number of rotatable bonds is 8. The molecule has 0 amide bonds. The smallest absolute Gasteiger partial charge is 0.0904 e. The topological polar surface area (TPSA) is 58.3 Å². The third kappa shape index (κ3) is 3.80. The molecule has 19 heavy (non-hydrogen) atoms. The summed E-state index contributed by atoms with van der Waals surface area (Å²) < 4.78 is 1.97. The molecule has 0 saturated heterocycles. The number of hydrogen-bond donors (Lipinski definition) is 2. The molecule has 4 nitrogen and oxygen atoms in total. The molecule has 1 heterocycles. The second-order valence-corrected chi connectivity index (χ2v) is 5.29. The molecule has 1 unspecified atom stereocenters. The van der Waals surface area contributed by atoms with E-state index < -0.39 is 11.7 Å². The van der Waals surface area contributed by atoms with Crippen molar-refractivity contribution >= 4 is 0 Å². The zero-order valence-electron chi connectivity index (χ0n) is 12.6. The summed E-state index contributed by atoms with van der Waals surface area (Å²) in [6.45, 7) is 8.10. The van der Waals surface area contributed by atoms with E-state index in [0.29, 0.717) is 25.3 Å². The molecule has 0 aromatic carbocycles. The minimum Gasteiger partial charge on any atom is -0.390 e. The molecule has 1 aromatic heterocycles. The maximum absolute atomic E-state index is 10.3. The van der Waals surface area contributed by atoms with Crippen LogP contribution in [0.15, 0.2) is 12.3 Å². The minimum atomic E-state index is -1.00. The van der Waals surface area contributed by atoms with Gasteiger partial charge in [-0.05, 0) is 31.7 Å². The Labute approximate surface area is 116 Å². The summed E-state index contributed by atoms with van der Waals surface area (Å²) in [5.41, 5.74) is -0.154. The summed E-state index contributed by atoms with van der Waals surface area (Å²) in [6, 6.07) is 2.36. The molecule has 0 radical (unpaired) electrons. The Morgan fingerprint density at radius 3 is 2.26 bits per heavy atom. The predicted octanol–water partition coefficient (Wildman–Crippen LogP) is 2.70. The number of aliphatic hydroxyl groups is 2. The van der Waals surface area contributed by atoms with E-state index in [-0.39, 0.29) is 0 Å². The lowest BCUT2D eigenvalue weighted by molar-refractivity contribution is -0.0794. The van der Waals surface area contributed by atoms with Crippen LogP contribution < -0.4 is 0 Å². The van der Waals surface area contributed by atoms with E-state index in [2.05, 4.69) is 18.9 Å². The molecule has 1 atom stereocenters. The second kappa shape index (κ2) is 7.06. The van der Waals surface area contributed by atoms with Crippen molar-refractivity contribution in [2.24, 2.45) is 0 Å². The van der Waals surface area contributed by atoms with E-state index in [4.69, 9.17) is 0 Å². The average Bonchev–Trinajstić information content (AvgIpc) is 2.87. The van der Waals surface area contributed by atoms with Gasteiger partial charge >= 0.3 is 0 Å². The summed E-state index contributed by atoms with van der Waals surface area (Å²) in [5, 5.41) is 25.0. The molecule has 1 aromatic rings. The highest BCUT2D eigenvalue weighted by Gasteiger charge is 2.32. The largest absolute Gasteiger partial charge is 0.390 e. The lowest BCUT2D eigenvalue weighted by Gasteiger charge is -2.30. The Hall–Kier alpha value is -0.870. The third-order valence-electron chi connectivity index (χ3n) is 4.23. The summed E-state index contributed by atoms with van der Waals surface area (Å²) in [6.07, 6.45) is 4.83. The Morgan fingerprint density at radius 1 is 1.21 bits per heavy atom. The standard InChI is InChI=1S/C15H28N2O2/c1-5-13(6-2)17-10-9-12(16-17)11-14(18)15(19,7-3)8-4/h9-10,13-14,18-19H,5-8,11H2,1-4H3. The van der Waals surface area contributed by atoms with Gasteiger partial charge in [-0.15, -0.1) is 0 Å². The molecule has 4 heteroatoms. The second-order valence-electron chi connectivity index (χ2n) is 5.29. The van der Waals surface area contributed by atoms with Crippen LogP contribution in [0.4, 0.5) is 0 Å². The van der Waals surface area contributed by atoms with Crippen LogP contribution in [0.5, 0.6) is 0 Å². The van der Waals surface area contributed by atoms with E-state index in [9.17, 15) is 10.2 Å². The minimum absolute atomic E-state index is 0.408. The Bertz CT molecular complexity index is 368. The van der Waals surface area contributed by atoms with Crippen LogP contribution in [0.25, 0.3) is 0 Å². The van der Waals surface area contributed by atoms with Gasteiger partial charge in [0.05, 0.1) is 23.4 Å². The molecule has 0 aliphatic carbocycles. The van der Waals surface area contributed by atoms with Crippen LogP contribution >= 0.6 is 0 Å². The summed E-state index contributed by atoms with van der Waals surface area (Å²) in [5.74, 6) is 0. The van der Waals surface area contributed by atoms with Crippen molar-refractivity contribution in [1.82, 2.24) is 9.78 Å². The van der Waals surface area contributed by atoms with Gasteiger partial charge in [0.15, 0.2) is 0 Å². The Morgan fingerprint density at radius 2 is 1.79 bits per heavy atom. The summed E-state index contributed by atoms with van der Waals surface area (Å²) in [7, 11) is 0. The van der Waals surface area contributed by atoms with Crippen LogP contribution in [-0.4, -0.2) is 31.7 Å². The SMILES string of the molecule is CCC(CC)n1ccc(CC(O)C(O)(CC)CC)n1. The molecule has 110 valence electrons. The molecule has 2 N–H and O–H groups in total. The first-order chi connectivity index (χ1) is 9.00. The zero-order chi connectivity index (χ0) is 14.5. The van der Waals surface area contributed by atoms with Gasteiger partial charge in [-0.1, -0.05) is 27.7 Å². The number of aliphatic hydroxyl groups excluding tert-OH is 1. The van der Waals surface area contributed by atoms with E-state index in [1.54, 1.807) is 0 Å². The summed E-state index contributed by atoms with van der Waals surface area (Å²) >= 11 is 0. The summed E-state index contributed by atoms with van der Waals surface area (Å²) in [4.78, 5) is 0. The molecule has 0 saturated carbocycles. The molecule has 0 aliphatic rings. The maximum Gasteiger partial charge on any atom is 0.0904 e. The van der Waals surface area contributed by atoms with Crippen LogP contribution in [0.2, 0.25) is 0 Å². The van der Waals surface area contributed by atoms with Crippen molar-refractivity contribution < 1.29 is 10.2 Å². The van der Waals surface area contributed by atoms with Crippen LogP contribution in [-0.2, 0) is 6.42 Å². The van der Waals surface area contributed by atoms with E-state index >= 15 is 0 Å². The zero-order valence-corrected chi connectivity index (χ0v) is 12.6. The Kier molecular flexibility index (Phi) is 6.01. The van der Waals surface area contributed by atoms with Crippen molar-refractivity contribution in [3.63, 3.8) is 0 Å². The fourth-order valence-corrected chi connectivity index (χ4v) is 2.46. The van der Waals surface area contributed by atoms with Crippen LogP contribution in [0.1, 0.15) is 65.1 Å². The normalized spacial score (nSPS) is 14.1. The number of aromatic nitrogens is 2. The molecule has 1 rings (SSSR count). The molecule has 0 spiro atoms. The first kappa shape index (κ1) is 16.2. The quantitative estimate of drug-likeness (QED) is 0.762. The van der Waals surface area contributed by atoms with Crippen molar-refractivity contribution in [2.75, 3.05) is 0 Å². The third-order valence-corrected chi connectivity index (χ3v) is 4.23. The van der Waals surface area contributed by atoms with E-state index in [1.165, 1.54) is 0 Å². The first-order valence-corrected chi connectivity index (χ1v) is 7.45. The molecular weight excluding hydrogens is 240 g/mol. The molecule has 0 fully saturated rings. The highest BCUT2D eigenvalue weighted by Crippen LogP contribution is 2.23. The Balaban J connectivity index is 2.73. The van der Waals surface area contributed by atoms with Crippen molar-refractivity contribution in [3.05, 3.63) is 18.0 Å². The monoisotopic (exact) mass is 268 g/mol. The van der Waals surface area contributed by atoms with Crippen molar-refractivity contribution in [3.8, 4) is 0 Å². The lowest BCUT2D eigenvalue weighted by Crippen LogP contribution is -2.42. The maximum atomic E-state index is 10.3. The van der Waals surface area contributed by atoms with Gasteiger partial charge in [0.25, 0.3) is 0 Å². The van der Waals surface area contributed by atoms with Gasteiger partial charge in [-0.2, -0.15) is 5.10 Å². The van der Waals surface area contributed by atoms with Gasteiger partial charge in [0, 0.05) is 12.6 Å². The highest BCUT2D eigenvalue weighted by atomic mass is 16.3. The van der Waals surface area contributed by atoms with Crippen LogP contribution in [0, 0.1) is 0 Å². The highest BCUT2D eigenvalue weighted by molar-refractivity contribution is 5.04. The first-order valence-electron chi connectivity index (χ1n) is 7.45. The van der Waals surface area contributed by atoms with Gasteiger partial charge in [-0.25, -0.2) is 0 Å². The fourth-order valence-electron chi connectivity index (χ4n) is 2.46. The van der Waals surface area contributed by atoms with Crippen molar-refractivity contribution in [2.45, 2.75) is 77.5 Å². The van der Waals surface area contributed by atoms with E-state index in [0.717, 1.165) is 18.5 Å². The van der Waals surface area contributed by atoms with Gasteiger partial charge in [-0.3, -0.25) is 4.68 Å². The van der Waals surface area contributed by atoms with Crippen molar-refractivity contribution in [1.29, 1.82) is 0 Å².